The molecule has 3 aromatic heterocycles. The molecule has 0 saturated carbocycles. The number of benzene rings is 1. The van der Waals surface area contributed by atoms with Gasteiger partial charge in [0.15, 0.2) is 0 Å². The SMILES string of the molecule is COc1cc(C2CCN(C(=O)[C@@H](C)O)CC2)ccc1Nc1ncc(Cl)c(-c2cnc3ccccn23)n1. The Morgan fingerprint density at radius 2 is 2.00 bits per heavy atom. The zero-order valence-electron chi connectivity index (χ0n) is 20.1. The fourth-order valence-electron chi connectivity index (χ4n) is 4.60. The van der Waals surface area contributed by atoms with Crippen LogP contribution in [-0.4, -0.2) is 61.6 Å². The fourth-order valence-corrected chi connectivity index (χ4v) is 4.79. The molecule has 4 heterocycles. The van der Waals surface area contributed by atoms with Crippen molar-refractivity contribution in [1.29, 1.82) is 0 Å². The van der Waals surface area contributed by atoms with Gasteiger partial charge in [0, 0.05) is 19.3 Å². The standard InChI is InChI=1S/C26H27ClN6O3/c1-16(34)25(35)32-11-8-17(9-12-32)18-6-7-20(22(13-18)36-2)30-26-29-14-19(27)24(31-26)21-15-28-23-5-3-4-10-33(21)23/h3-7,10,13-17,34H,8-9,11-12H2,1-2H3,(H,29,30,31)/t16-/m1/s1. The van der Waals surface area contributed by atoms with Gasteiger partial charge in [0.25, 0.3) is 5.91 Å². The summed E-state index contributed by atoms with van der Waals surface area (Å²) in [5.74, 6) is 1.15. The van der Waals surface area contributed by atoms with Crippen molar-refractivity contribution >= 4 is 34.8 Å². The highest BCUT2D eigenvalue weighted by molar-refractivity contribution is 6.32. The molecule has 1 atom stereocenters. The Morgan fingerprint density at radius 3 is 2.75 bits per heavy atom. The number of hydrogen-bond donors (Lipinski definition) is 2. The molecule has 5 rings (SSSR count). The van der Waals surface area contributed by atoms with Crippen LogP contribution in [0.4, 0.5) is 11.6 Å². The third-order valence-corrected chi connectivity index (χ3v) is 6.79. The van der Waals surface area contributed by atoms with Gasteiger partial charge in [-0.25, -0.2) is 15.0 Å². The number of carbonyl (C=O) groups excluding carboxylic acids is 1. The number of aliphatic hydroxyl groups is 1. The molecule has 0 unspecified atom stereocenters. The summed E-state index contributed by atoms with van der Waals surface area (Å²) in [6.07, 6.45) is 5.92. The average Bonchev–Trinajstić information content (AvgIpc) is 3.33. The van der Waals surface area contributed by atoms with E-state index in [0.717, 1.165) is 35.4 Å². The molecule has 1 saturated heterocycles. The molecule has 1 aliphatic rings. The molecule has 9 nitrogen and oxygen atoms in total. The normalized spacial score (nSPS) is 15.2. The summed E-state index contributed by atoms with van der Waals surface area (Å²) in [5, 5.41) is 13.2. The summed E-state index contributed by atoms with van der Waals surface area (Å²) in [4.78, 5) is 27.2. The van der Waals surface area contributed by atoms with E-state index < -0.39 is 6.10 Å². The lowest BCUT2D eigenvalue weighted by molar-refractivity contribution is -0.140. The first-order valence-electron chi connectivity index (χ1n) is 11.8. The Morgan fingerprint density at radius 1 is 1.19 bits per heavy atom. The van der Waals surface area contributed by atoms with Crippen LogP contribution < -0.4 is 10.1 Å². The molecule has 1 amide bonds. The van der Waals surface area contributed by atoms with E-state index in [9.17, 15) is 9.90 Å². The average molecular weight is 507 g/mol. The van der Waals surface area contributed by atoms with Crippen molar-refractivity contribution in [2.45, 2.75) is 31.8 Å². The van der Waals surface area contributed by atoms with Crippen LogP contribution in [-0.2, 0) is 4.79 Å². The molecule has 36 heavy (non-hydrogen) atoms. The number of anilines is 2. The summed E-state index contributed by atoms with van der Waals surface area (Å²) < 4.78 is 7.59. The van der Waals surface area contributed by atoms with Gasteiger partial charge in [0.05, 0.1) is 35.9 Å². The minimum Gasteiger partial charge on any atom is -0.495 e. The van der Waals surface area contributed by atoms with Gasteiger partial charge in [0.1, 0.15) is 23.2 Å². The van der Waals surface area contributed by atoms with Crippen LogP contribution in [0.1, 0.15) is 31.2 Å². The maximum absolute atomic E-state index is 12.1. The lowest BCUT2D eigenvalue weighted by Crippen LogP contribution is -2.42. The summed E-state index contributed by atoms with van der Waals surface area (Å²) in [6, 6.07) is 11.8. The number of fused-ring (bicyclic) bond motifs is 1. The molecule has 2 N–H and O–H groups in total. The fraction of sp³-hybridized carbons (Fsp3) is 0.308. The van der Waals surface area contributed by atoms with Gasteiger partial charge in [0.2, 0.25) is 5.95 Å². The lowest BCUT2D eigenvalue weighted by Gasteiger charge is -2.33. The van der Waals surface area contributed by atoms with Crippen molar-refractivity contribution in [3.8, 4) is 17.1 Å². The molecule has 1 aliphatic heterocycles. The zero-order chi connectivity index (χ0) is 25.2. The minimum absolute atomic E-state index is 0.211. The number of likely N-dealkylation sites (tertiary alicyclic amines) is 1. The lowest BCUT2D eigenvalue weighted by atomic mass is 9.89. The van der Waals surface area contributed by atoms with Crippen LogP contribution in [0.25, 0.3) is 17.0 Å². The Bertz CT molecular complexity index is 1400. The topological polar surface area (TPSA) is 105 Å². The van der Waals surface area contributed by atoms with Gasteiger partial charge in [-0.05, 0) is 55.5 Å². The van der Waals surface area contributed by atoms with E-state index in [4.69, 9.17) is 16.3 Å². The highest BCUT2D eigenvalue weighted by Gasteiger charge is 2.26. The first-order chi connectivity index (χ1) is 17.4. The van der Waals surface area contributed by atoms with Gasteiger partial charge >= 0.3 is 0 Å². The summed E-state index contributed by atoms with van der Waals surface area (Å²) in [6.45, 7) is 2.76. The Labute approximate surface area is 213 Å². The second-order valence-corrected chi connectivity index (χ2v) is 9.23. The number of rotatable bonds is 6. The van der Waals surface area contributed by atoms with Gasteiger partial charge in [-0.1, -0.05) is 23.7 Å². The van der Waals surface area contributed by atoms with Gasteiger partial charge in [-0.15, -0.1) is 0 Å². The predicted octanol–water partition coefficient (Wildman–Crippen LogP) is 4.28. The number of nitrogens with zero attached hydrogens (tertiary/aromatic N) is 5. The number of piperidine rings is 1. The molecule has 4 aromatic rings. The smallest absolute Gasteiger partial charge is 0.251 e. The molecule has 0 radical (unpaired) electrons. The maximum atomic E-state index is 12.1. The van der Waals surface area contributed by atoms with Gasteiger partial charge in [-0.3, -0.25) is 9.20 Å². The molecule has 1 aromatic carbocycles. The molecule has 0 aliphatic carbocycles. The molecule has 0 spiro atoms. The van der Waals surface area contributed by atoms with Crippen molar-refractivity contribution in [1.82, 2.24) is 24.3 Å². The largest absolute Gasteiger partial charge is 0.495 e. The Hall–Kier alpha value is -3.69. The number of aromatic nitrogens is 4. The second-order valence-electron chi connectivity index (χ2n) is 8.82. The zero-order valence-corrected chi connectivity index (χ0v) is 20.8. The van der Waals surface area contributed by atoms with E-state index >= 15 is 0 Å². The number of ether oxygens (including phenoxy) is 1. The number of aliphatic hydroxyl groups excluding tert-OH is 1. The number of pyridine rings is 1. The molecular weight excluding hydrogens is 480 g/mol. The van der Waals surface area contributed by atoms with Crippen LogP contribution in [0.2, 0.25) is 5.02 Å². The van der Waals surface area contributed by atoms with Crippen LogP contribution in [0, 0.1) is 0 Å². The first kappa shape index (κ1) is 24.0. The molecule has 1 fully saturated rings. The number of halogens is 1. The van der Waals surface area contributed by atoms with E-state index in [1.807, 2.05) is 40.9 Å². The van der Waals surface area contributed by atoms with Crippen molar-refractivity contribution < 1.29 is 14.6 Å². The van der Waals surface area contributed by atoms with E-state index in [0.29, 0.717) is 41.4 Å². The maximum Gasteiger partial charge on any atom is 0.251 e. The number of carbonyl (C=O) groups is 1. The third-order valence-electron chi connectivity index (χ3n) is 6.51. The van der Waals surface area contributed by atoms with Crippen molar-refractivity contribution in [3.05, 3.63) is 65.6 Å². The summed E-state index contributed by atoms with van der Waals surface area (Å²) in [5.41, 5.74) is 4.01. The summed E-state index contributed by atoms with van der Waals surface area (Å²) >= 11 is 6.45. The first-order valence-corrected chi connectivity index (χ1v) is 12.2. The van der Waals surface area contributed by atoms with E-state index in [2.05, 4.69) is 26.3 Å². The second kappa shape index (κ2) is 10.1. The molecule has 0 bridgehead atoms. The van der Waals surface area contributed by atoms with E-state index in [-0.39, 0.29) is 5.91 Å². The quantitative estimate of drug-likeness (QED) is 0.402. The monoisotopic (exact) mass is 506 g/mol. The van der Waals surface area contributed by atoms with Gasteiger partial charge in [-0.2, -0.15) is 0 Å². The predicted molar refractivity (Wildman–Crippen MR) is 138 cm³/mol. The van der Waals surface area contributed by atoms with Crippen LogP contribution in [0.15, 0.2) is 55.0 Å². The number of amides is 1. The Kier molecular flexibility index (Phi) is 6.75. The molecular formula is C26H27ClN6O3. The third kappa shape index (κ3) is 4.72. The molecule has 186 valence electrons. The highest BCUT2D eigenvalue weighted by Crippen LogP contribution is 2.35. The van der Waals surface area contributed by atoms with Crippen molar-refractivity contribution in [3.63, 3.8) is 0 Å². The number of hydrogen-bond acceptors (Lipinski definition) is 7. The van der Waals surface area contributed by atoms with Crippen molar-refractivity contribution in [2.24, 2.45) is 0 Å². The number of nitrogens with one attached hydrogen (secondary N) is 1. The van der Waals surface area contributed by atoms with Gasteiger partial charge < -0.3 is 20.1 Å². The van der Waals surface area contributed by atoms with Crippen LogP contribution in [0.3, 0.4) is 0 Å². The van der Waals surface area contributed by atoms with E-state index in [1.165, 1.54) is 6.92 Å². The van der Waals surface area contributed by atoms with Crippen molar-refractivity contribution in [2.75, 3.05) is 25.5 Å². The summed E-state index contributed by atoms with van der Waals surface area (Å²) in [7, 11) is 1.63. The van der Waals surface area contributed by atoms with Crippen LogP contribution >= 0.6 is 11.6 Å². The Balaban J connectivity index is 1.35. The number of methoxy groups -OCH3 is 1. The van der Waals surface area contributed by atoms with Crippen LogP contribution in [0.5, 0.6) is 5.75 Å². The van der Waals surface area contributed by atoms with E-state index in [1.54, 1.807) is 24.4 Å². The molecule has 10 heteroatoms. The highest BCUT2D eigenvalue weighted by atomic mass is 35.5. The number of imidazole rings is 1. The minimum atomic E-state index is -0.963.